The average molecular weight is 384 g/mol. The predicted molar refractivity (Wildman–Crippen MR) is 78.2 cm³/mol. The molecule has 0 atom stereocenters. The maximum Gasteiger partial charge on any atom is 0.385 e. The highest BCUT2D eigenvalue weighted by molar-refractivity contribution is 9.11. The summed E-state index contributed by atoms with van der Waals surface area (Å²) in [6.45, 7) is 0. The monoisotopic (exact) mass is 382 g/mol. The number of hydrogen-bond donors (Lipinski definition) is 0. The Bertz CT molecular complexity index is 604. The van der Waals surface area contributed by atoms with Crippen molar-refractivity contribution in [3.8, 4) is 5.75 Å². The number of carbonyl (C=O) groups is 2. The van der Waals surface area contributed by atoms with E-state index in [1.54, 1.807) is 48.5 Å². The third kappa shape index (κ3) is 3.75. The Kier molecular flexibility index (Phi) is 4.50. The predicted octanol–water partition coefficient (Wildman–Crippen LogP) is 4.00. The van der Waals surface area contributed by atoms with E-state index in [-0.39, 0.29) is 5.56 Å². The van der Waals surface area contributed by atoms with Gasteiger partial charge in [0.2, 0.25) is 0 Å². The molecule has 2 aromatic carbocycles. The van der Waals surface area contributed by atoms with E-state index in [1.165, 1.54) is 0 Å². The smallest absolute Gasteiger partial charge is 0.385 e. The minimum Gasteiger partial charge on any atom is -0.421 e. The third-order valence-corrected chi connectivity index (χ3v) is 3.18. The minimum atomic E-state index is -0.906. The molecule has 0 aliphatic carbocycles. The van der Waals surface area contributed by atoms with Crippen molar-refractivity contribution in [1.29, 1.82) is 0 Å². The molecule has 3 nitrogen and oxygen atoms in total. The molecule has 0 unspecified atom stereocenters. The molecule has 0 bridgehead atoms. The number of ketones is 1. The molecule has 0 heterocycles. The average Bonchev–Trinajstić information content (AvgIpc) is 2.37. The van der Waals surface area contributed by atoms with Crippen LogP contribution in [0.2, 0.25) is 0 Å². The summed E-state index contributed by atoms with van der Waals surface area (Å²) < 4.78 is 6.40. The maximum atomic E-state index is 11.9. The van der Waals surface area contributed by atoms with Crippen molar-refractivity contribution in [2.45, 2.75) is 0 Å². The molecule has 0 aliphatic heterocycles. The molecule has 0 spiro atoms. The molecule has 2 aromatic rings. The number of carbonyl (C=O) groups excluding carboxylic acids is 2. The van der Waals surface area contributed by atoms with E-state index in [0.717, 1.165) is 0 Å². The van der Waals surface area contributed by atoms with Crippen LogP contribution in [-0.2, 0) is 4.79 Å². The van der Waals surface area contributed by atoms with Gasteiger partial charge in [0.05, 0.1) is 0 Å². The zero-order valence-corrected chi connectivity index (χ0v) is 12.8. The highest BCUT2D eigenvalue weighted by Crippen LogP contribution is 2.21. The number of para-hydroxylation sites is 1. The van der Waals surface area contributed by atoms with Crippen LogP contribution in [0.25, 0.3) is 0 Å². The fourth-order valence-electron chi connectivity index (χ4n) is 1.44. The number of benzene rings is 2. The summed E-state index contributed by atoms with van der Waals surface area (Å²) in [6, 6.07) is 13.4. The molecular formula is C14H8Br2O3. The lowest BCUT2D eigenvalue weighted by molar-refractivity contribution is -0.129. The Morgan fingerprint density at radius 1 is 0.895 bits per heavy atom. The fraction of sp³-hybridized carbons (Fsp3) is 0. The Labute approximate surface area is 126 Å². The number of Topliss-reactive ketones (excluding diaryl/α,β-unsaturated/α-hetero) is 1. The molecule has 96 valence electrons. The van der Waals surface area contributed by atoms with Gasteiger partial charge in [0.1, 0.15) is 5.75 Å². The van der Waals surface area contributed by atoms with Gasteiger partial charge in [-0.25, -0.2) is 4.79 Å². The van der Waals surface area contributed by atoms with Crippen LogP contribution in [0.3, 0.4) is 0 Å². The number of ether oxygens (including phenoxy) is 1. The Hall–Kier alpha value is -1.46. The first-order valence-corrected chi connectivity index (χ1v) is 6.92. The van der Waals surface area contributed by atoms with E-state index in [1.807, 2.05) is 0 Å². The molecule has 2 rings (SSSR count). The van der Waals surface area contributed by atoms with Gasteiger partial charge in [0, 0.05) is 14.5 Å². The van der Waals surface area contributed by atoms with Gasteiger partial charge in [-0.2, -0.15) is 0 Å². The highest BCUT2D eigenvalue weighted by atomic mass is 79.9. The Balaban J connectivity index is 2.17. The van der Waals surface area contributed by atoms with Gasteiger partial charge < -0.3 is 4.74 Å². The van der Waals surface area contributed by atoms with Crippen molar-refractivity contribution in [3.63, 3.8) is 0 Å². The van der Waals surface area contributed by atoms with Gasteiger partial charge in [-0.05, 0) is 30.3 Å². The van der Waals surface area contributed by atoms with Gasteiger partial charge in [-0.15, -0.1) is 0 Å². The topological polar surface area (TPSA) is 43.4 Å². The van der Waals surface area contributed by atoms with Gasteiger partial charge in [0.25, 0.3) is 5.78 Å². The second-order valence-corrected chi connectivity index (χ2v) is 5.52. The molecule has 5 heteroatoms. The van der Waals surface area contributed by atoms with E-state index < -0.39 is 11.8 Å². The van der Waals surface area contributed by atoms with Crippen molar-refractivity contribution in [2.24, 2.45) is 0 Å². The van der Waals surface area contributed by atoms with E-state index in [2.05, 4.69) is 31.9 Å². The lowest BCUT2D eigenvalue weighted by Gasteiger charge is -2.04. The number of halogens is 2. The fourth-order valence-corrected chi connectivity index (χ4v) is 2.74. The molecule has 0 aromatic heterocycles. The van der Waals surface area contributed by atoms with Crippen molar-refractivity contribution in [2.75, 3.05) is 0 Å². The molecule has 19 heavy (non-hydrogen) atoms. The summed E-state index contributed by atoms with van der Waals surface area (Å²) in [7, 11) is 0. The van der Waals surface area contributed by atoms with Crippen molar-refractivity contribution < 1.29 is 14.3 Å². The highest BCUT2D eigenvalue weighted by Gasteiger charge is 2.19. The van der Waals surface area contributed by atoms with E-state index in [9.17, 15) is 9.59 Å². The first kappa shape index (κ1) is 14.0. The minimum absolute atomic E-state index is 0.266. The molecule has 0 fully saturated rings. The first-order valence-electron chi connectivity index (χ1n) is 5.34. The van der Waals surface area contributed by atoms with Crippen LogP contribution in [0, 0.1) is 0 Å². The number of esters is 1. The Morgan fingerprint density at radius 3 is 2.05 bits per heavy atom. The van der Waals surface area contributed by atoms with Crippen LogP contribution in [0.15, 0.2) is 57.5 Å². The van der Waals surface area contributed by atoms with Crippen LogP contribution >= 0.6 is 31.9 Å². The summed E-state index contributed by atoms with van der Waals surface area (Å²) in [5.41, 5.74) is 0.266. The van der Waals surface area contributed by atoms with Crippen LogP contribution in [0.4, 0.5) is 0 Å². The molecule has 0 saturated carbocycles. The zero-order chi connectivity index (χ0) is 13.8. The number of rotatable bonds is 3. The largest absolute Gasteiger partial charge is 0.421 e. The van der Waals surface area contributed by atoms with Crippen molar-refractivity contribution in [3.05, 3.63) is 63.0 Å². The summed E-state index contributed by atoms with van der Waals surface area (Å²) in [4.78, 5) is 23.7. The van der Waals surface area contributed by atoms with Gasteiger partial charge in [-0.1, -0.05) is 50.1 Å². The van der Waals surface area contributed by atoms with Crippen molar-refractivity contribution in [1.82, 2.24) is 0 Å². The van der Waals surface area contributed by atoms with Crippen molar-refractivity contribution >= 4 is 43.6 Å². The summed E-state index contributed by atoms with van der Waals surface area (Å²) in [5, 5.41) is 0. The first-order chi connectivity index (χ1) is 9.06. The normalized spacial score (nSPS) is 10.0. The molecule has 0 radical (unpaired) electrons. The number of hydrogen-bond acceptors (Lipinski definition) is 3. The van der Waals surface area contributed by atoms with Crippen LogP contribution in [0.5, 0.6) is 5.75 Å². The van der Waals surface area contributed by atoms with Crippen LogP contribution in [-0.4, -0.2) is 11.8 Å². The summed E-state index contributed by atoms with van der Waals surface area (Å²) in [5.74, 6) is -1.25. The SMILES string of the molecule is O=C(Oc1ccccc1)C(=O)c1cc(Br)cc(Br)c1. The molecule has 0 saturated heterocycles. The van der Waals surface area contributed by atoms with E-state index >= 15 is 0 Å². The quantitative estimate of drug-likeness (QED) is 0.348. The summed E-state index contributed by atoms with van der Waals surface area (Å²) in [6.07, 6.45) is 0. The Morgan fingerprint density at radius 2 is 1.47 bits per heavy atom. The van der Waals surface area contributed by atoms with Crippen LogP contribution < -0.4 is 4.74 Å². The van der Waals surface area contributed by atoms with E-state index in [0.29, 0.717) is 14.7 Å². The standard InChI is InChI=1S/C14H8Br2O3/c15-10-6-9(7-11(16)8-10)13(17)14(18)19-12-4-2-1-3-5-12/h1-8H. The molecular weight excluding hydrogens is 376 g/mol. The molecule has 0 amide bonds. The van der Waals surface area contributed by atoms with E-state index in [4.69, 9.17) is 4.74 Å². The second kappa shape index (κ2) is 6.12. The van der Waals surface area contributed by atoms with Gasteiger partial charge >= 0.3 is 5.97 Å². The molecule has 0 N–H and O–H groups in total. The second-order valence-electron chi connectivity index (χ2n) is 3.69. The zero-order valence-electron chi connectivity index (χ0n) is 9.60. The van der Waals surface area contributed by atoms with Gasteiger partial charge in [-0.3, -0.25) is 4.79 Å². The maximum absolute atomic E-state index is 11.9. The lowest BCUT2D eigenvalue weighted by Crippen LogP contribution is -2.20. The van der Waals surface area contributed by atoms with Gasteiger partial charge in [0.15, 0.2) is 0 Å². The third-order valence-electron chi connectivity index (χ3n) is 2.26. The molecule has 0 aliphatic rings. The lowest BCUT2D eigenvalue weighted by atomic mass is 10.1. The summed E-state index contributed by atoms with van der Waals surface area (Å²) >= 11 is 6.53. The van der Waals surface area contributed by atoms with Crippen LogP contribution in [0.1, 0.15) is 10.4 Å².